The zero-order valence-corrected chi connectivity index (χ0v) is 13.7. The number of hydrogen-bond donors (Lipinski definition) is 2. The van der Waals surface area contributed by atoms with E-state index < -0.39 is 0 Å². The molecule has 3 rings (SSSR count). The van der Waals surface area contributed by atoms with E-state index in [1.54, 1.807) is 25.4 Å². The maximum atomic E-state index is 12.3. The summed E-state index contributed by atoms with van der Waals surface area (Å²) in [6.07, 6.45) is 2.87. The molecule has 2 aromatic rings. The summed E-state index contributed by atoms with van der Waals surface area (Å²) in [6.45, 7) is 1.81. The Kier molecular flexibility index (Phi) is 4.80. The molecule has 128 valence electrons. The van der Waals surface area contributed by atoms with Gasteiger partial charge in [-0.1, -0.05) is 11.2 Å². The number of pyridine rings is 1. The normalized spacial score (nSPS) is 21.0. The van der Waals surface area contributed by atoms with Crippen LogP contribution in [0, 0.1) is 12.8 Å². The number of nitrogens with zero attached hydrogens (tertiary/aromatic N) is 2. The number of aromatic nitrogens is 2. The fourth-order valence-corrected chi connectivity index (χ4v) is 2.95. The second-order valence-electron chi connectivity index (χ2n) is 6.18. The largest absolute Gasteiger partial charge is 0.481 e. The van der Waals surface area contributed by atoms with E-state index >= 15 is 0 Å². The van der Waals surface area contributed by atoms with Gasteiger partial charge in [0, 0.05) is 18.3 Å². The molecule has 0 aliphatic heterocycles. The molecule has 1 amide bonds. The first-order chi connectivity index (χ1) is 11.5. The molecule has 1 atom stereocenters. The fourth-order valence-electron chi connectivity index (χ4n) is 2.95. The van der Waals surface area contributed by atoms with E-state index in [4.69, 9.17) is 9.26 Å². The van der Waals surface area contributed by atoms with Gasteiger partial charge in [-0.3, -0.25) is 4.79 Å². The van der Waals surface area contributed by atoms with Crippen molar-refractivity contribution in [2.75, 3.05) is 7.11 Å². The number of methoxy groups -OCH3 is 1. The number of carbonyl (C=O) groups excluding carboxylic acids is 1. The van der Waals surface area contributed by atoms with E-state index in [9.17, 15) is 9.90 Å². The molecule has 7 heteroatoms. The summed E-state index contributed by atoms with van der Waals surface area (Å²) in [5.74, 6) is 1.10. The van der Waals surface area contributed by atoms with Crippen molar-refractivity contribution < 1.29 is 19.2 Å². The molecule has 24 heavy (non-hydrogen) atoms. The van der Waals surface area contributed by atoms with Gasteiger partial charge in [-0.2, -0.15) is 0 Å². The van der Waals surface area contributed by atoms with Gasteiger partial charge in [-0.25, -0.2) is 4.98 Å². The number of nitrogens with one attached hydrogen (secondary N) is 1. The third kappa shape index (κ3) is 3.73. The zero-order valence-electron chi connectivity index (χ0n) is 13.7. The Morgan fingerprint density at radius 3 is 2.83 bits per heavy atom. The lowest BCUT2D eigenvalue weighted by molar-refractivity contribution is -0.122. The van der Waals surface area contributed by atoms with Crippen molar-refractivity contribution in [3.05, 3.63) is 41.4 Å². The molecule has 1 aliphatic rings. The second kappa shape index (κ2) is 7.00. The Bertz CT molecular complexity index is 692. The molecule has 1 saturated carbocycles. The summed E-state index contributed by atoms with van der Waals surface area (Å²) in [5, 5.41) is 16.4. The number of ether oxygens (including phenoxy) is 1. The number of aliphatic hydroxyl groups is 1. The molecule has 0 radical (unpaired) electrons. The summed E-state index contributed by atoms with van der Waals surface area (Å²) in [4.78, 5) is 16.6. The van der Waals surface area contributed by atoms with Crippen LogP contribution in [0.15, 0.2) is 28.9 Å². The molecule has 2 aromatic heterocycles. The van der Waals surface area contributed by atoms with E-state index in [2.05, 4.69) is 15.5 Å². The van der Waals surface area contributed by atoms with Crippen molar-refractivity contribution in [3.8, 4) is 5.88 Å². The fraction of sp³-hybridized carbons (Fsp3) is 0.471. The molecule has 2 heterocycles. The Labute approximate surface area is 140 Å². The molecule has 0 saturated heterocycles. The molecule has 7 nitrogen and oxygen atoms in total. The van der Waals surface area contributed by atoms with Crippen LogP contribution in [0.1, 0.15) is 35.9 Å². The predicted molar refractivity (Wildman–Crippen MR) is 85.3 cm³/mol. The molecule has 0 unspecified atom stereocenters. The van der Waals surface area contributed by atoms with Gasteiger partial charge in [-0.15, -0.1) is 0 Å². The van der Waals surface area contributed by atoms with E-state index in [1.165, 1.54) is 0 Å². The predicted octanol–water partition coefficient (Wildman–Crippen LogP) is 1.56. The van der Waals surface area contributed by atoms with Crippen molar-refractivity contribution in [3.63, 3.8) is 0 Å². The van der Waals surface area contributed by atoms with Crippen molar-refractivity contribution in [2.24, 2.45) is 5.92 Å². The van der Waals surface area contributed by atoms with Gasteiger partial charge < -0.3 is 19.7 Å². The summed E-state index contributed by atoms with van der Waals surface area (Å²) in [5.41, 5.74) is 1.64. The van der Waals surface area contributed by atoms with E-state index in [1.807, 2.05) is 13.0 Å². The maximum absolute atomic E-state index is 12.3. The summed E-state index contributed by atoms with van der Waals surface area (Å²) < 4.78 is 10.2. The second-order valence-corrected chi connectivity index (χ2v) is 6.18. The Balaban J connectivity index is 1.70. The number of rotatable bonds is 6. The third-order valence-corrected chi connectivity index (χ3v) is 4.28. The monoisotopic (exact) mass is 331 g/mol. The van der Waals surface area contributed by atoms with Crippen LogP contribution in [0.5, 0.6) is 5.88 Å². The SMILES string of the molecule is COc1ccc([C@@H](NC(=O)Cc2cc(C)no2)C2CC(O)C2)cn1. The molecular formula is C17H21N3O4. The van der Waals surface area contributed by atoms with Gasteiger partial charge in [0.1, 0.15) is 5.76 Å². The number of hydrogen-bond acceptors (Lipinski definition) is 6. The minimum atomic E-state index is -0.294. The molecule has 0 spiro atoms. The van der Waals surface area contributed by atoms with Crippen LogP contribution < -0.4 is 10.1 Å². The highest BCUT2D eigenvalue weighted by atomic mass is 16.5. The van der Waals surface area contributed by atoms with Crippen molar-refractivity contribution >= 4 is 5.91 Å². The van der Waals surface area contributed by atoms with Gasteiger partial charge >= 0.3 is 0 Å². The van der Waals surface area contributed by atoms with Crippen molar-refractivity contribution in [1.29, 1.82) is 0 Å². The van der Waals surface area contributed by atoms with Gasteiger partial charge in [0.2, 0.25) is 11.8 Å². The quantitative estimate of drug-likeness (QED) is 0.833. The maximum Gasteiger partial charge on any atom is 0.228 e. The van der Waals surface area contributed by atoms with Crippen molar-refractivity contribution in [2.45, 2.75) is 38.3 Å². The standard InChI is InChI=1S/C17H21N3O4/c1-10-5-14(24-20-10)8-15(22)19-17(12-6-13(21)7-12)11-3-4-16(23-2)18-9-11/h3-5,9,12-13,17,21H,6-8H2,1-2H3,(H,19,22)/t12?,13?,17-/m1/s1. The van der Waals surface area contributed by atoms with Crippen LogP contribution in [-0.2, 0) is 11.2 Å². The molecule has 0 bridgehead atoms. The molecule has 2 N–H and O–H groups in total. The number of carbonyl (C=O) groups is 1. The highest BCUT2D eigenvalue weighted by Crippen LogP contribution is 2.38. The van der Waals surface area contributed by atoms with E-state index in [0.29, 0.717) is 24.5 Å². The third-order valence-electron chi connectivity index (χ3n) is 4.28. The minimum absolute atomic E-state index is 0.135. The van der Waals surface area contributed by atoms with E-state index in [0.717, 1.165) is 11.3 Å². The van der Waals surface area contributed by atoms with Crippen LogP contribution in [0.2, 0.25) is 0 Å². The van der Waals surface area contributed by atoms with Crippen LogP contribution >= 0.6 is 0 Å². The number of aryl methyl sites for hydroxylation is 1. The Hall–Kier alpha value is -2.41. The van der Waals surface area contributed by atoms with Gasteiger partial charge in [0.15, 0.2) is 0 Å². The topological polar surface area (TPSA) is 97.5 Å². The highest BCUT2D eigenvalue weighted by Gasteiger charge is 2.36. The lowest BCUT2D eigenvalue weighted by Crippen LogP contribution is -2.41. The number of amides is 1. The first-order valence-corrected chi connectivity index (χ1v) is 7.94. The smallest absolute Gasteiger partial charge is 0.228 e. The van der Waals surface area contributed by atoms with Crippen LogP contribution in [0.25, 0.3) is 0 Å². The Morgan fingerprint density at radius 2 is 2.29 bits per heavy atom. The van der Waals surface area contributed by atoms with E-state index in [-0.39, 0.29) is 30.4 Å². The minimum Gasteiger partial charge on any atom is -0.481 e. The molecule has 1 fully saturated rings. The summed E-state index contributed by atoms with van der Waals surface area (Å²) >= 11 is 0. The summed E-state index contributed by atoms with van der Waals surface area (Å²) in [6, 6.07) is 5.21. The first kappa shape index (κ1) is 16.4. The van der Waals surface area contributed by atoms with Crippen LogP contribution in [0.4, 0.5) is 0 Å². The van der Waals surface area contributed by atoms with Crippen LogP contribution in [0.3, 0.4) is 0 Å². The molecule has 0 aromatic carbocycles. The highest BCUT2D eigenvalue weighted by molar-refractivity contribution is 5.78. The average molecular weight is 331 g/mol. The lowest BCUT2D eigenvalue weighted by Gasteiger charge is -2.38. The lowest BCUT2D eigenvalue weighted by atomic mass is 9.75. The van der Waals surface area contributed by atoms with Crippen molar-refractivity contribution in [1.82, 2.24) is 15.5 Å². The number of aliphatic hydroxyl groups excluding tert-OH is 1. The average Bonchev–Trinajstić information content (AvgIpc) is 2.95. The Morgan fingerprint density at radius 1 is 1.50 bits per heavy atom. The van der Waals surface area contributed by atoms with Crippen LogP contribution in [-0.4, -0.2) is 34.4 Å². The molecule has 1 aliphatic carbocycles. The summed E-state index contributed by atoms with van der Waals surface area (Å²) in [7, 11) is 1.56. The van der Waals surface area contributed by atoms with Gasteiger partial charge in [0.05, 0.1) is 31.4 Å². The van der Waals surface area contributed by atoms with Gasteiger partial charge in [0.25, 0.3) is 0 Å². The zero-order chi connectivity index (χ0) is 17.1. The first-order valence-electron chi connectivity index (χ1n) is 7.94. The van der Waals surface area contributed by atoms with Gasteiger partial charge in [-0.05, 0) is 31.2 Å². The molecular weight excluding hydrogens is 310 g/mol.